The van der Waals surface area contributed by atoms with E-state index in [9.17, 15) is 4.57 Å². The van der Waals surface area contributed by atoms with Gasteiger partial charge in [-0.3, -0.25) is 9.76 Å². The lowest BCUT2D eigenvalue weighted by Gasteiger charge is -2.22. The molecule has 1 heterocycles. The average Bonchev–Trinajstić information content (AvgIpc) is 2.79. The largest absolute Gasteiger partial charge is 0.456 e. The Kier molecular flexibility index (Phi) is 5.46. The SMILES string of the molecule is CC(=NNP1(=O)C=C(c2ccccc2)OC(c2ccccc2)=C1)c1ccccc1. The zero-order valence-corrected chi connectivity index (χ0v) is 16.9. The highest BCUT2D eigenvalue weighted by Crippen LogP contribution is 2.53. The van der Waals surface area contributed by atoms with Gasteiger partial charge in [0.2, 0.25) is 7.29 Å². The number of hydrogen-bond donors (Lipinski definition) is 1. The highest BCUT2D eigenvalue weighted by atomic mass is 31.2. The maximum absolute atomic E-state index is 13.7. The molecule has 0 amide bonds. The first kappa shape index (κ1) is 19.0. The van der Waals surface area contributed by atoms with E-state index in [4.69, 9.17) is 4.74 Å². The van der Waals surface area contributed by atoms with Crippen molar-refractivity contribution in [3.05, 3.63) is 119 Å². The first-order chi connectivity index (χ1) is 14.1. The Hall–Kier alpha value is -3.36. The van der Waals surface area contributed by atoms with Crippen LogP contribution in [0.2, 0.25) is 0 Å². The zero-order valence-electron chi connectivity index (χ0n) is 16.0. The highest BCUT2D eigenvalue weighted by molar-refractivity contribution is 7.68. The van der Waals surface area contributed by atoms with E-state index >= 15 is 0 Å². The van der Waals surface area contributed by atoms with Gasteiger partial charge in [-0.2, -0.15) is 5.10 Å². The normalized spacial score (nSPS) is 15.7. The molecule has 0 fully saturated rings. The van der Waals surface area contributed by atoms with Gasteiger partial charge in [0.1, 0.15) is 11.5 Å². The van der Waals surface area contributed by atoms with Crippen LogP contribution in [-0.2, 0) is 9.30 Å². The summed E-state index contributed by atoms with van der Waals surface area (Å²) in [5.74, 6) is 4.37. The van der Waals surface area contributed by atoms with E-state index in [0.717, 1.165) is 22.4 Å². The molecule has 4 rings (SSSR count). The molecule has 0 atom stereocenters. The molecule has 3 aromatic rings. The Bertz CT molecular complexity index is 1060. The van der Waals surface area contributed by atoms with Crippen molar-refractivity contribution >= 4 is 24.5 Å². The number of hydrazone groups is 1. The van der Waals surface area contributed by atoms with Crippen molar-refractivity contribution in [1.29, 1.82) is 0 Å². The molecule has 1 aliphatic heterocycles. The van der Waals surface area contributed by atoms with Crippen LogP contribution in [0.3, 0.4) is 0 Å². The summed E-state index contributed by atoms with van der Waals surface area (Å²) >= 11 is 0. The van der Waals surface area contributed by atoms with Crippen molar-refractivity contribution in [3.8, 4) is 0 Å². The molecule has 29 heavy (non-hydrogen) atoms. The van der Waals surface area contributed by atoms with Gasteiger partial charge < -0.3 is 4.74 Å². The third-order valence-corrected chi connectivity index (χ3v) is 6.17. The molecule has 0 unspecified atom stereocenters. The molecule has 0 radical (unpaired) electrons. The number of nitrogens with zero attached hydrogens (tertiary/aromatic N) is 1. The predicted molar refractivity (Wildman–Crippen MR) is 119 cm³/mol. The third-order valence-electron chi connectivity index (χ3n) is 4.52. The summed E-state index contributed by atoms with van der Waals surface area (Å²) in [7, 11) is -3.12. The molecular formula is C24H21N2O2P. The van der Waals surface area contributed by atoms with Gasteiger partial charge in [-0.05, 0) is 12.5 Å². The second kappa shape index (κ2) is 8.34. The van der Waals surface area contributed by atoms with Crippen molar-refractivity contribution < 1.29 is 9.30 Å². The van der Waals surface area contributed by atoms with Crippen molar-refractivity contribution in [1.82, 2.24) is 5.20 Å². The monoisotopic (exact) mass is 400 g/mol. The quantitative estimate of drug-likeness (QED) is 0.310. The smallest absolute Gasteiger partial charge is 0.235 e. The third kappa shape index (κ3) is 4.56. The number of ether oxygens (including phenoxy) is 1. The molecule has 5 heteroatoms. The topological polar surface area (TPSA) is 50.7 Å². The van der Waals surface area contributed by atoms with Crippen LogP contribution in [0.15, 0.2) is 108 Å². The number of hydrogen-bond acceptors (Lipinski definition) is 3. The van der Waals surface area contributed by atoms with Crippen molar-refractivity contribution in [3.63, 3.8) is 0 Å². The van der Waals surface area contributed by atoms with E-state index < -0.39 is 7.29 Å². The molecule has 0 saturated heterocycles. The number of benzene rings is 3. The van der Waals surface area contributed by atoms with Gasteiger partial charge in [0.15, 0.2) is 0 Å². The molecular weight excluding hydrogens is 379 g/mol. The Morgan fingerprint density at radius 3 is 1.69 bits per heavy atom. The van der Waals surface area contributed by atoms with Gasteiger partial charge in [-0.1, -0.05) is 91.0 Å². The van der Waals surface area contributed by atoms with Crippen LogP contribution < -0.4 is 5.20 Å². The van der Waals surface area contributed by atoms with Crippen LogP contribution in [0.4, 0.5) is 0 Å². The summed E-state index contributed by atoms with van der Waals surface area (Å²) in [4.78, 5) is 0. The maximum atomic E-state index is 13.7. The fourth-order valence-electron chi connectivity index (χ4n) is 2.98. The highest BCUT2D eigenvalue weighted by Gasteiger charge is 2.26. The van der Waals surface area contributed by atoms with E-state index in [1.165, 1.54) is 0 Å². The summed E-state index contributed by atoms with van der Waals surface area (Å²) in [5, 5.41) is 7.31. The molecule has 0 saturated carbocycles. The molecule has 1 N–H and O–H groups in total. The lowest BCUT2D eigenvalue weighted by atomic mass is 10.1. The van der Waals surface area contributed by atoms with Crippen LogP contribution in [0.5, 0.6) is 0 Å². The standard InChI is InChI=1S/C24H21N2O2P/c1-19(20-11-5-2-6-12-20)25-26-29(27)17-23(21-13-7-3-8-14-21)28-24(18-29)22-15-9-4-10-16-22/h2-18H,1H3,(H,26,27). The van der Waals surface area contributed by atoms with E-state index in [-0.39, 0.29) is 0 Å². The van der Waals surface area contributed by atoms with E-state index in [0.29, 0.717) is 11.5 Å². The fraction of sp³-hybridized carbons (Fsp3) is 0.0417. The molecule has 0 aromatic heterocycles. The molecule has 1 aliphatic rings. The van der Waals surface area contributed by atoms with Crippen LogP contribution >= 0.6 is 7.29 Å². The van der Waals surface area contributed by atoms with Gasteiger partial charge in [0.05, 0.1) is 5.71 Å². The van der Waals surface area contributed by atoms with Gasteiger partial charge in [-0.25, -0.2) is 0 Å². The molecule has 144 valence electrons. The second-order valence-corrected chi connectivity index (χ2v) is 8.83. The minimum atomic E-state index is -3.12. The minimum Gasteiger partial charge on any atom is -0.456 e. The summed E-state index contributed by atoms with van der Waals surface area (Å²) in [6.07, 6.45) is 0. The summed E-state index contributed by atoms with van der Waals surface area (Å²) in [5.41, 5.74) is 3.45. The minimum absolute atomic E-state index is 0.551. The first-order valence-electron chi connectivity index (χ1n) is 9.34. The van der Waals surface area contributed by atoms with Gasteiger partial charge in [-0.15, -0.1) is 0 Å². The van der Waals surface area contributed by atoms with Crippen molar-refractivity contribution in [2.24, 2.45) is 5.10 Å². The van der Waals surface area contributed by atoms with E-state index in [2.05, 4.69) is 10.3 Å². The molecule has 0 aliphatic carbocycles. The van der Waals surface area contributed by atoms with Crippen molar-refractivity contribution in [2.75, 3.05) is 0 Å². The molecule has 0 bridgehead atoms. The van der Waals surface area contributed by atoms with E-state index in [1.54, 1.807) is 11.6 Å². The van der Waals surface area contributed by atoms with E-state index in [1.807, 2.05) is 97.9 Å². The van der Waals surface area contributed by atoms with Gasteiger partial charge >= 0.3 is 0 Å². The van der Waals surface area contributed by atoms with Crippen LogP contribution in [-0.4, -0.2) is 5.71 Å². The summed E-state index contributed by atoms with van der Waals surface area (Å²) < 4.78 is 19.8. The van der Waals surface area contributed by atoms with Crippen molar-refractivity contribution in [2.45, 2.75) is 6.92 Å². The van der Waals surface area contributed by atoms with Crippen LogP contribution in [0.1, 0.15) is 23.6 Å². The average molecular weight is 400 g/mol. The molecule has 4 nitrogen and oxygen atoms in total. The van der Waals surface area contributed by atoms with Gasteiger partial charge in [0.25, 0.3) is 0 Å². The van der Waals surface area contributed by atoms with Gasteiger partial charge in [0, 0.05) is 22.8 Å². The second-order valence-electron chi connectivity index (χ2n) is 6.69. The van der Waals surface area contributed by atoms with Crippen LogP contribution in [0.25, 0.3) is 11.5 Å². The lowest BCUT2D eigenvalue weighted by Crippen LogP contribution is -2.08. The Morgan fingerprint density at radius 2 is 1.21 bits per heavy atom. The fourth-order valence-corrected chi connectivity index (χ4v) is 4.58. The summed E-state index contributed by atoms with van der Waals surface area (Å²) in [6.45, 7) is 1.89. The maximum Gasteiger partial charge on any atom is 0.235 e. The first-order valence-corrected chi connectivity index (χ1v) is 11.2. The number of rotatable bonds is 5. The predicted octanol–water partition coefficient (Wildman–Crippen LogP) is 6.31. The number of nitrogens with one attached hydrogen (secondary N) is 1. The molecule has 3 aromatic carbocycles. The van der Waals surface area contributed by atoms with Crippen LogP contribution in [0, 0.1) is 0 Å². The summed E-state index contributed by atoms with van der Waals surface area (Å²) in [6, 6.07) is 29.1. The Labute approximate surface area is 170 Å². The molecule has 0 spiro atoms. The lowest BCUT2D eigenvalue weighted by molar-refractivity contribution is 0.468. The zero-order chi connectivity index (χ0) is 20.1. The Balaban J connectivity index is 1.71. The Morgan fingerprint density at radius 1 is 0.759 bits per heavy atom.